The summed E-state index contributed by atoms with van der Waals surface area (Å²) in [5.74, 6) is 0. The summed E-state index contributed by atoms with van der Waals surface area (Å²) in [6, 6.07) is 0. The van der Waals surface area contributed by atoms with Gasteiger partial charge in [-0.25, -0.2) is 0 Å². The second-order valence-electron chi connectivity index (χ2n) is 0.816. The van der Waals surface area contributed by atoms with Gasteiger partial charge in [-0.2, -0.15) is 0 Å². The predicted octanol–water partition coefficient (Wildman–Crippen LogP) is -5.67. The van der Waals surface area contributed by atoms with Crippen molar-refractivity contribution in [2.24, 2.45) is 0 Å². The predicted molar refractivity (Wildman–Crippen MR) is 20.9 cm³/mol. The molecule has 0 saturated heterocycles. The van der Waals surface area contributed by atoms with E-state index in [9.17, 15) is 0 Å². The molecule has 0 fully saturated rings. The zero-order chi connectivity index (χ0) is 9.00. The maximum absolute atomic E-state index is 8.52. The molecule has 0 N–H and O–H groups in total. The van der Waals surface area contributed by atoms with Crippen LogP contribution in [0.2, 0.25) is 0 Å². The van der Waals surface area contributed by atoms with Crippen molar-refractivity contribution in [2.45, 2.75) is 0 Å². The first-order chi connectivity index (χ1) is 4.00. The van der Waals surface area contributed by atoms with E-state index < -0.39 is 20.8 Å². The van der Waals surface area contributed by atoms with Crippen LogP contribution in [0.5, 0.6) is 0 Å². The van der Waals surface area contributed by atoms with E-state index in [2.05, 4.69) is 0 Å². The van der Waals surface area contributed by atoms with Gasteiger partial charge in [-0.05, 0) is 0 Å². The van der Waals surface area contributed by atoms with Gasteiger partial charge in [0.15, 0.2) is 0 Å². The Morgan fingerprint density at radius 1 is 0.667 bits per heavy atom. The third-order valence-electron chi connectivity index (χ3n) is 0. The molecule has 0 aromatic heterocycles. The van der Waals surface area contributed by atoms with Gasteiger partial charge in [0.25, 0.3) is 0 Å². The van der Waals surface area contributed by atoms with Gasteiger partial charge in [0.2, 0.25) is 0 Å². The van der Waals surface area contributed by atoms with E-state index in [0.717, 1.165) is 0 Å². The number of rotatable bonds is 0. The molecule has 12 heteroatoms. The van der Waals surface area contributed by atoms with E-state index >= 15 is 0 Å². The van der Waals surface area contributed by atoms with Crippen LogP contribution in [0.25, 0.3) is 0 Å². The van der Waals surface area contributed by atoms with Crippen molar-refractivity contribution in [2.75, 3.05) is 0 Å². The molecule has 0 aromatic rings. The molecule has 0 aliphatic rings. The van der Waals surface area contributed by atoms with Gasteiger partial charge in [0.1, 0.15) is 0 Å². The van der Waals surface area contributed by atoms with E-state index in [1.807, 2.05) is 0 Å². The van der Waals surface area contributed by atoms with Crippen LogP contribution in [0.3, 0.4) is 0 Å². The van der Waals surface area contributed by atoms with E-state index in [1.54, 1.807) is 0 Å². The van der Waals surface area contributed by atoms with Gasteiger partial charge in [-0.3, -0.25) is 16.8 Å². The van der Waals surface area contributed by atoms with Gasteiger partial charge in [0, 0.05) is 20.8 Å². The molecule has 0 rings (SSSR count). The molecule has 0 spiro atoms. The summed E-state index contributed by atoms with van der Waals surface area (Å²) in [4.78, 5) is 0. The van der Waals surface area contributed by atoms with Gasteiger partial charge >= 0.3 is 75.5 Å². The number of hydrogen-bond donors (Lipinski definition) is 0. The summed E-state index contributed by atoms with van der Waals surface area (Å²) in [6.45, 7) is 0. The Balaban J connectivity index is -0.0000000457. The van der Waals surface area contributed by atoms with Crippen molar-refractivity contribution in [3.63, 3.8) is 0 Å². The van der Waals surface area contributed by atoms with Crippen molar-refractivity contribution < 1.29 is 111 Å². The van der Waals surface area contributed by atoms with E-state index in [1.165, 1.54) is 0 Å². The van der Waals surface area contributed by atoms with Crippen LogP contribution in [0, 0.1) is 0 Å². The quantitative estimate of drug-likeness (QED) is 0.314. The first kappa shape index (κ1) is 23.7. The van der Waals surface area contributed by atoms with Crippen molar-refractivity contribution in [1.82, 2.24) is 0 Å². The molecule has 1 radical (unpaired) electrons. The molecule has 0 aromatic carbocycles. The Labute approximate surface area is 129 Å². The molecule has 0 atom stereocenters. The molecular formula is CrO8RbS2. The Hall–Kier alpha value is 2.08. The molecule has 0 aliphatic heterocycles. The molecule has 8 nitrogen and oxygen atoms in total. The molecule has 67 valence electrons. The van der Waals surface area contributed by atoms with E-state index in [4.69, 9.17) is 35.0 Å². The van der Waals surface area contributed by atoms with Crippen molar-refractivity contribution in [1.29, 1.82) is 0 Å². The molecule has 12 heavy (non-hydrogen) atoms. The van der Waals surface area contributed by atoms with Crippen LogP contribution < -0.4 is 58.2 Å². The van der Waals surface area contributed by atoms with Crippen molar-refractivity contribution in [3.8, 4) is 0 Å². The summed E-state index contributed by atoms with van der Waals surface area (Å²) in [5.41, 5.74) is 0. The zero-order valence-corrected chi connectivity index (χ0v) is 13.3. The average Bonchev–Trinajstić information content (AvgIpc) is 1.12. The largest absolute Gasteiger partial charge is 3.00 e. The maximum atomic E-state index is 8.52. The van der Waals surface area contributed by atoms with Crippen molar-refractivity contribution in [3.05, 3.63) is 0 Å². The van der Waals surface area contributed by atoms with Crippen LogP contribution >= 0.6 is 0 Å². The standard InChI is InChI=1S/Cr.2H2O4S.Rb/c;2*1-5(2,3)4;/h;2*(H2,1,2,3,4);/q+3;;;+1/p-4. The normalized spacial score (nSPS) is 9.67. The minimum Gasteiger partial charge on any atom is -0.759 e. The Kier molecular flexibility index (Phi) is 19.0. The summed E-state index contributed by atoms with van der Waals surface area (Å²) < 4.78 is 68.2. The second-order valence-corrected chi connectivity index (χ2v) is 2.45. The van der Waals surface area contributed by atoms with Gasteiger partial charge in [-0.15, -0.1) is 0 Å². The van der Waals surface area contributed by atoms with E-state index in [0.29, 0.717) is 0 Å². The van der Waals surface area contributed by atoms with Crippen LogP contribution in [0.15, 0.2) is 0 Å². The number of hydrogen-bond acceptors (Lipinski definition) is 8. The molecular weight excluding hydrogens is 330 g/mol. The molecule has 0 bridgehead atoms. The molecule has 0 amide bonds. The van der Waals surface area contributed by atoms with Crippen LogP contribution in [-0.2, 0) is 38.2 Å². The Morgan fingerprint density at radius 3 is 0.667 bits per heavy atom. The summed E-state index contributed by atoms with van der Waals surface area (Å²) in [6.07, 6.45) is 0. The summed E-state index contributed by atoms with van der Waals surface area (Å²) in [7, 11) is -10.3. The van der Waals surface area contributed by atoms with Crippen LogP contribution in [-0.4, -0.2) is 35.0 Å². The van der Waals surface area contributed by atoms with Gasteiger partial charge < -0.3 is 18.2 Å². The first-order valence-electron chi connectivity index (χ1n) is 1.33. The van der Waals surface area contributed by atoms with Crippen molar-refractivity contribution >= 4 is 20.8 Å². The topological polar surface area (TPSA) is 161 Å². The van der Waals surface area contributed by atoms with Crippen LogP contribution in [0.4, 0.5) is 0 Å². The SMILES string of the molecule is O=S(=O)([O-])[O-].O=S(=O)([O-])[O-].[Cr+3].[Rb+]. The molecule has 0 unspecified atom stereocenters. The average molecular weight is 330 g/mol. The van der Waals surface area contributed by atoms with Gasteiger partial charge in [0.05, 0.1) is 0 Å². The maximum Gasteiger partial charge on any atom is 3.00 e. The summed E-state index contributed by atoms with van der Waals surface area (Å²) in [5, 5.41) is 0. The molecule has 0 aliphatic carbocycles. The summed E-state index contributed by atoms with van der Waals surface area (Å²) >= 11 is 0. The fourth-order valence-electron chi connectivity index (χ4n) is 0. The Morgan fingerprint density at radius 2 is 0.667 bits per heavy atom. The minimum atomic E-state index is -5.17. The molecule has 0 heterocycles. The first-order valence-corrected chi connectivity index (χ1v) is 4.00. The fraction of sp³-hybridized carbons (Fsp3) is 0. The van der Waals surface area contributed by atoms with E-state index in [-0.39, 0.29) is 75.5 Å². The zero-order valence-electron chi connectivity index (χ0n) is 5.49. The van der Waals surface area contributed by atoms with Gasteiger partial charge in [-0.1, -0.05) is 0 Å². The molecule has 0 saturated carbocycles. The second kappa shape index (κ2) is 9.63. The third kappa shape index (κ3) is 343. The monoisotopic (exact) mass is 329 g/mol. The fourth-order valence-corrected chi connectivity index (χ4v) is 0. The third-order valence-corrected chi connectivity index (χ3v) is 0. The van der Waals surface area contributed by atoms with Crippen LogP contribution in [0.1, 0.15) is 0 Å². The minimum absolute atomic E-state index is 0. The Bertz CT molecular complexity index is 213. The smallest absolute Gasteiger partial charge is 0.759 e.